The third kappa shape index (κ3) is 10.3. The highest BCUT2D eigenvalue weighted by molar-refractivity contribution is 7.90. The summed E-state index contributed by atoms with van der Waals surface area (Å²) in [5.41, 5.74) is 1.26. The van der Waals surface area contributed by atoms with Gasteiger partial charge in [0.05, 0.1) is 24.7 Å². The molecule has 0 aliphatic heterocycles. The van der Waals surface area contributed by atoms with E-state index in [0.29, 0.717) is 43.3 Å². The summed E-state index contributed by atoms with van der Waals surface area (Å²) < 4.78 is 36.4. The molecule has 8 nitrogen and oxygen atoms in total. The molecular weight excluding hydrogens is 432 g/mol. The number of carbonyl (C=O) groups is 2. The highest BCUT2D eigenvalue weighted by atomic mass is 32.2. The van der Waals surface area contributed by atoms with Gasteiger partial charge < -0.3 is 14.8 Å². The molecule has 0 aliphatic carbocycles. The maximum atomic E-state index is 12.2. The van der Waals surface area contributed by atoms with Crippen molar-refractivity contribution in [1.29, 1.82) is 0 Å². The molecular formula is C23H36N2O6S. The first-order valence-electron chi connectivity index (χ1n) is 10.9. The Morgan fingerprint density at radius 3 is 2.50 bits per heavy atom. The maximum Gasteiger partial charge on any atom is 0.330 e. The van der Waals surface area contributed by atoms with E-state index in [0.717, 1.165) is 12.0 Å². The van der Waals surface area contributed by atoms with Gasteiger partial charge in [0.1, 0.15) is 5.75 Å². The fourth-order valence-electron chi connectivity index (χ4n) is 2.47. The van der Waals surface area contributed by atoms with Gasteiger partial charge in [-0.25, -0.2) is 17.9 Å². The number of anilines is 1. The van der Waals surface area contributed by atoms with E-state index in [1.807, 2.05) is 13.8 Å². The Kier molecular flexibility index (Phi) is 12.0. The Morgan fingerprint density at radius 1 is 1.16 bits per heavy atom. The molecule has 1 amide bonds. The summed E-state index contributed by atoms with van der Waals surface area (Å²) in [7, 11) is -1.78. The first-order valence-corrected chi connectivity index (χ1v) is 12.4. The smallest absolute Gasteiger partial charge is 0.330 e. The van der Waals surface area contributed by atoms with Gasteiger partial charge in [0.2, 0.25) is 15.9 Å². The van der Waals surface area contributed by atoms with Crippen LogP contribution in [0.25, 0.3) is 6.08 Å². The minimum absolute atomic E-state index is 0.188. The zero-order chi connectivity index (χ0) is 24.1. The number of carbonyl (C=O) groups excluding carboxylic acids is 2. The molecule has 0 aliphatic rings. The zero-order valence-corrected chi connectivity index (χ0v) is 20.5. The summed E-state index contributed by atoms with van der Waals surface area (Å²) in [6.07, 6.45) is 5.31. The van der Waals surface area contributed by atoms with Crippen molar-refractivity contribution in [1.82, 2.24) is 4.72 Å². The minimum atomic E-state index is -3.28. The van der Waals surface area contributed by atoms with Crippen LogP contribution in [0, 0.1) is 5.92 Å². The van der Waals surface area contributed by atoms with Gasteiger partial charge in [-0.3, -0.25) is 4.79 Å². The number of nitrogens with one attached hydrogen (secondary N) is 2. The molecule has 1 aromatic rings. The maximum absolute atomic E-state index is 12.2. The minimum Gasteiger partial charge on any atom is -0.495 e. The second-order valence-electron chi connectivity index (χ2n) is 7.93. The van der Waals surface area contributed by atoms with Crippen molar-refractivity contribution >= 4 is 33.7 Å². The third-order valence-corrected chi connectivity index (χ3v) is 6.72. The topological polar surface area (TPSA) is 111 Å². The number of rotatable bonds is 14. The van der Waals surface area contributed by atoms with Crippen molar-refractivity contribution < 1.29 is 27.5 Å². The van der Waals surface area contributed by atoms with Crippen LogP contribution in [-0.4, -0.2) is 45.8 Å². The van der Waals surface area contributed by atoms with Gasteiger partial charge in [-0.15, -0.1) is 0 Å². The number of esters is 1. The highest BCUT2D eigenvalue weighted by Gasteiger charge is 2.14. The highest BCUT2D eigenvalue weighted by Crippen LogP contribution is 2.26. The van der Waals surface area contributed by atoms with E-state index in [4.69, 9.17) is 9.47 Å². The molecule has 2 N–H and O–H groups in total. The summed E-state index contributed by atoms with van der Waals surface area (Å²) >= 11 is 0. The number of sulfonamides is 1. The molecule has 0 spiro atoms. The Hall–Kier alpha value is -2.39. The van der Waals surface area contributed by atoms with Gasteiger partial charge in [-0.1, -0.05) is 26.3 Å². The molecule has 0 saturated carbocycles. The number of benzene rings is 1. The van der Waals surface area contributed by atoms with E-state index in [2.05, 4.69) is 10.0 Å². The molecule has 0 bridgehead atoms. The Labute approximate surface area is 191 Å². The summed E-state index contributed by atoms with van der Waals surface area (Å²) in [5, 5.41) is 2.32. The van der Waals surface area contributed by atoms with Crippen LogP contribution < -0.4 is 14.8 Å². The number of methoxy groups -OCH3 is 1. The van der Waals surface area contributed by atoms with Crippen molar-refractivity contribution in [2.24, 2.45) is 5.92 Å². The number of ether oxygens (including phenoxy) is 2. The van der Waals surface area contributed by atoms with E-state index in [-0.39, 0.29) is 12.3 Å². The quantitative estimate of drug-likeness (QED) is 0.244. The van der Waals surface area contributed by atoms with Crippen LogP contribution in [0.2, 0.25) is 0 Å². The van der Waals surface area contributed by atoms with E-state index in [1.54, 1.807) is 38.1 Å². The Bertz CT molecular complexity index is 880. The molecule has 1 aromatic carbocycles. The van der Waals surface area contributed by atoms with E-state index in [1.165, 1.54) is 13.2 Å². The number of unbranched alkanes of at least 4 members (excludes halogenated alkanes) is 1. The lowest BCUT2D eigenvalue weighted by Crippen LogP contribution is -2.31. The first kappa shape index (κ1) is 27.6. The normalized spacial score (nSPS) is 12.7. The summed E-state index contributed by atoms with van der Waals surface area (Å²) in [6, 6.07) is 5.18. The monoisotopic (exact) mass is 468 g/mol. The van der Waals surface area contributed by atoms with E-state index in [9.17, 15) is 18.0 Å². The lowest BCUT2D eigenvalue weighted by Gasteiger charge is -2.12. The van der Waals surface area contributed by atoms with Crippen LogP contribution in [0.4, 0.5) is 5.69 Å². The van der Waals surface area contributed by atoms with E-state index >= 15 is 0 Å². The Morgan fingerprint density at radius 2 is 1.88 bits per heavy atom. The molecule has 9 heteroatoms. The fourth-order valence-corrected chi connectivity index (χ4v) is 3.24. The lowest BCUT2D eigenvalue weighted by molar-refractivity contribution is -0.138. The van der Waals surface area contributed by atoms with Gasteiger partial charge >= 0.3 is 5.97 Å². The van der Waals surface area contributed by atoms with Crippen LogP contribution in [0.1, 0.15) is 58.9 Å². The number of amides is 1. The third-order valence-electron chi connectivity index (χ3n) is 4.87. The summed E-state index contributed by atoms with van der Waals surface area (Å²) in [6.45, 7) is 7.98. The molecule has 0 aromatic heterocycles. The zero-order valence-electron chi connectivity index (χ0n) is 19.6. The SMILES string of the molecule is CCC(C)COC(=O)/C=C/c1ccc(NC(=O)CCCCNS(=O)(=O)C(C)C)c(OC)c1. The van der Waals surface area contributed by atoms with Gasteiger partial charge in [0.25, 0.3) is 0 Å². The first-order chi connectivity index (χ1) is 15.1. The number of hydrogen-bond donors (Lipinski definition) is 2. The lowest BCUT2D eigenvalue weighted by atomic mass is 10.1. The fraction of sp³-hybridized carbons (Fsp3) is 0.565. The molecule has 0 fully saturated rings. The van der Waals surface area contributed by atoms with E-state index < -0.39 is 21.2 Å². The summed E-state index contributed by atoms with van der Waals surface area (Å²) in [5.74, 6) is 0.196. The largest absolute Gasteiger partial charge is 0.495 e. The molecule has 32 heavy (non-hydrogen) atoms. The van der Waals surface area contributed by atoms with Crippen LogP contribution in [0.3, 0.4) is 0 Å². The predicted octanol–water partition coefficient (Wildman–Crippen LogP) is 3.73. The molecule has 180 valence electrons. The van der Waals surface area contributed by atoms with Crippen molar-refractivity contribution in [3.8, 4) is 5.75 Å². The van der Waals surface area contributed by atoms with Crippen molar-refractivity contribution in [2.45, 2.75) is 58.6 Å². The molecule has 0 radical (unpaired) electrons. The van der Waals surface area contributed by atoms with Crippen LogP contribution in [-0.2, 0) is 24.3 Å². The predicted molar refractivity (Wildman–Crippen MR) is 127 cm³/mol. The molecule has 0 heterocycles. The molecule has 1 atom stereocenters. The summed E-state index contributed by atoms with van der Waals surface area (Å²) in [4.78, 5) is 24.0. The molecule has 1 unspecified atom stereocenters. The Balaban J connectivity index is 2.53. The second-order valence-corrected chi connectivity index (χ2v) is 10.3. The van der Waals surface area contributed by atoms with Crippen LogP contribution in [0.5, 0.6) is 5.75 Å². The van der Waals surface area contributed by atoms with Crippen molar-refractivity contribution in [3.05, 3.63) is 29.8 Å². The van der Waals surface area contributed by atoms with Gasteiger partial charge in [-0.05, 0) is 56.4 Å². The average molecular weight is 469 g/mol. The second kappa shape index (κ2) is 13.9. The molecule has 0 saturated heterocycles. The van der Waals surface area contributed by atoms with Gasteiger partial charge in [-0.2, -0.15) is 0 Å². The van der Waals surface area contributed by atoms with Crippen LogP contribution in [0.15, 0.2) is 24.3 Å². The number of hydrogen-bond acceptors (Lipinski definition) is 6. The van der Waals surface area contributed by atoms with Crippen molar-refractivity contribution in [2.75, 3.05) is 25.6 Å². The van der Waals surface area contributed by atoms with Crippen LogP contribution >= 0.6 is 0 Å². The average Bonchev–Trinajstić information content (AvgIpc) is 2.76. The van der Waals surface area contributed by atoms with Gasteiger partial charge in [0.15, 0.2) is 0 Å². The standard InChI is InChI=1S/C23H36N2O6S/c1-6-18(4)16-31-23(27)13-11-19-10-12-20(21(15-19)30-5)25-22(26)9-7-8-14-24-32(28,29)17(2)3/h10-13,15,17-18,24H,6-9,14,16H2,1-5H3,(H,25,26)/b13-11+. The molecule has 1 rings (SSSR count). The van der Waals surface area contributed by atoms with Crippen molar-refractivity contribution in [3.63, 3.8) is 0 Å². The van der Waals surface area contributed by atoms with Gasteiger partial charge in [0, 0.05) is 19.0 Å².